The summed E-state index contributed by atoms with van der Waals surface area (Å²) in [4.78, 5) is 39.2. The quantitative estimate of drug-likeness (QED) is 0.841. The number of rotatable bonds is 6. The number of carbonyl (C=O) groups is 3. The Hall–Kier alpha value is -2.41. The molecule has 0 bridgehead atoms. The third-order valence-electron chi connectivity index (χ3n) is 4.33. The minimum Gasteiger partial charge on any atom is -0.481 e. The van der Waals surface area contributed by atoms with E-state index in [1.54, 1.807) is 34.1 Å². The van der Waals surface area contributed by atoms with Gasteiger partial charge in [-0.3, -0.25) is 14.4 Å². The van der Waals surface area contributed by atoms with Crippen molar-refractivity contribution in [3.8, 4) is 0 Å². The van der Waals surface area contributed by atoms with Crippen molar-refractivity contribution >= 4 is 17.8 Å². The van der Waals surface area contributed by atoms with Crippen molar-refractivity contribution in [1.29, 1.82) is 0 Å². The third kappa shape index (κ3) is 4.57. The molecule has 0 spiro atoms. The average molecular weight is 348 g/mol. The molecule has 1 N–H and O–H groups in total. The van der Waals surface area contributed by atoms with E-state index in [9.17, 15) is 14.4 Å². The van der Waals surface area contributed by atoms with Crippen molar-refractivity contribution in [2.24, 2.45) is 0 Å². The lowest BCUT2D eigenvalue weighted by atomic mass is 10.1. The van der Waals surface area contributed by atoms with Gasteiger partial charge in [0, 0.05) is 30.8 Å². The van der Waals surface area contributed by atoms with Gasteiger partial charge in [-0.15, -0.1) is 0 Å². The van der Waals surface area contributed by atoms with E-state index < -0.39 is 12.0 Å². The molecule has 7 heteroatoms. The Bertz CT molecular complexity index is 625. The highest BCUT2D eigenvalue weighted by Gasteiger charge is 2.29. The maximum atomic E-state index is 12.7. The molecule has 0 aliphatic carbocycles. The Morgan fingerprint density at radius 1 is 1.16 bits per heavy atom. The molecule has 1 fully saturated rings. The number of amides is 2. The number of carboxylic acids is 1. The second-order valence-electron chi connectivity index (χ2n) is 5.88. The van der Waals surface area contributed by atoms with Crippen LogP contribution in [0, 0.1) is 0 Å². The summed E-state index contributed by atoms with van der Waals surface area (Å²) in [5, 5.41) is 9.00. The number of ether oxygens (including phenoxy) is 1. The van der Waals surface area contributed by atoms with E-state index in [0.29, 0.717) is 37.4 Å². The number of carboxylic acid groups (broad SMARTS) is 1. The second-order valence-corrected chi connectivity index (χ2v) is 5.88. The highest BCUT2D eigenvalue weighted by atomic mass is 16.5. The van der Waals surface area contributed by atoms with Crippen LogP contribution in [0.5, 0.6) is 0 Å². The molecule has 7 nitrogen and oxygen atoms in total. The lowest BCUT2D eigenvalue weighted by Gasteiger charge is -2.34. The van der Waals surface area contributed by atoms with Crippen LogP contribution in [0.1, 0.15) is 41.0 Å². The molecule has 0 saturated carbocycles. The van der Waals surface area contributed by atoms with Gasteiger partial charge in [0.1, 0.15) is 0 Å². The molecule has 1 aliphatic heterocycles. The Kier molecular flexibility index (Phi) is 6.52. The predicted molar refractivity (Wildman–Crippen MR) is 91.6 cm³/mol. The van der Waals surface area contributed by atoms with Gasteiger partial charge in [-0.1, -0.05) is 0 Å². The Balaban J connectivity index is 2.13. The molecule has 1 atom stereocenters. The SMILES string of the molecule is CCN(CC)C(=O)c1ccc(C(=O)N2CCOCC2CC(=O)O)cc1. The summed E-state index contributed by atoms with van der Waals surface area (Å²) in [6.45, 7) is 6.05. The summed E-state index contributed by atoms with van der Waals surface area (Å²) in [7, 11) is 0. The van der Waals surface area contributed by atoms with Gasteiger partial charge in [0.15, 0.2) is 0 Å². The summed E-state index contributed by atoms with van der Waals surface area (Å²) in [5.74, 6) is -1.27. The fourth-order valence-electron chi connectivity index (χ4n) is 2.91. The van der Waals surface area contributed by atoms with E-state index in [1.807, 2.05) is 13.8 Å². The van der Waals surface area contributed by atoms with E-state index in [1.165, 1.54) is 0 Å². The summed E-state index contributed by atoms with van der Waals surface area (Å²) >= 11 is 0. The molecular formula is C18H24N2O5. The molecule has 25 heavy (non-hydrogen) atoms. The molecule has 1 heterocycles. The van der Waals surface area contributed by atoms with Crippen molar-refractivity contribution in [3.05, 3.63) is 35.4 Å². The van der Waals surface area contributed by atoms with E-state index >= 15 is 0 Å². The fourth-order valence-corrected chi connectivity index (χ4v) is 2.91. The van der Waals surface area contributed by atoms with Crippen LogP contribution in [0.4, 0.5) is 0 Å². The zero-order valence-corrected chi connectivity index (χ0v) is 14.6. The number of aliphatic carboxylic acids is 1. The van der Waals surface area contributed by atoms with Crippen molar-refractivity contribution in [1.82, 2.24) is 9.80 Å². The maximum absolute atomic E-state index is 12.7. The molecular weight excluding hydrogens is 324 g/mol. The number of carbonyl (C=O) groups excluding carboxylic acids is 2. The number of benzene rings is 1. The number of morpholine rings is 1. The standard InChI is InChI=1S/C18H24N2O5/c1-3-19(4-2)17(23)13-5-7-14(8-6-13)18(24)20-9-10-25-12-15(20)11-16(21)22/h5-8,15H,3-4,9-12H2,1-2H3,(H,21,22). The van der Waals surface area contributed by atoms with E-state index in [2.05, 4.69) is 0 Å². The first-order chi connectivity index (χ1) is 12.0. The number of nitrogens with zero attached hydrogens (tertiary/aromatic N) is 2. The van der Waals surface area contributed by atoms with Crippen LogP contribution in [-0.4, -0.2) is 71.6 Å². The minimum atomic E-state index is -0.964. The first kappa shape index (κ1) is 18.9. The van der Waals surface area contributed by atoms with Gasteiger partial charge in [0.2, 0.25) is 0 Å². The summed E-state index contributed by atoms with van der Waals surface area (Å²) in [6.07, 6.45) is -0.149. The first-order valence-corrected chi connectivity index (χ1v) is 8.47. The Morgan fingerprint density at radius 2 is 1.76 bits per heavy atom. The van der Waals surface area contributed by atoms with Gasteiger partial charge < -0.3 is 19.6 Å². The van der Waals surface area contributed by atoms with Crippen LogP contribution in [0.3, 0.4) is 0 Å². The Labute approximate surface area is 147 Å². The minimum absolute atomic E-state index is 0.0703. The molecule has 1 aromatic carbocycles. The predicted octanol–water partition coefficient (Wildman–Crippen LogP) is 1.48. The lowest BCUT2D eigenvalue weighted by molar-refractivity contribution is -0.139. The molecule has 1 unspecified atom stereocenters. The summed E-state index contributed by atoms with van der Waals surface area (Å²) < 4.78 is 5.29. The van der Waals surface area contributed by atoms with Crippen LogP contribution in [-0.2, 0) is 9.53 Å². The van der Waals surface area contributed by atoms with Gasteiger partial charge in [0.25, 0.3) is 11.8 Å². The first-order valence-electron chi connectivity index (χ1n) is 8.47. The highest BCUT2D eigenvalue weighted by Crippen LogP contribution is 2.16. The van der Waals surface area contributed by atoms with Crippen LogP contribution < -0.4 is 0 Å². The zero-order valence-electron chi connectivity index (χ0n) is 14.6. The van der Waals surface area contributed by atoms with E-state index in [-0.39, 0.29) is 24.8 Å². The molecule has 1 saturated heterocycles. The average Bonchev–Trinajstić information content (AvgIpc) is 2.62. The topological polar surface area (TPSA) is 87.2 Å². The van der Waals surface area contributed by atoms with Crippen LogP contribution >= 0.6 is 0 Å². The monoisotopic (exact) mass is 348 g/mol. The lowest BCUT2D eigenvalue weighted by Crippen LogP contribution is -2.49. The van der Waals surface area contributed by atoms with Gasteiger partial charge in [0.05, 0.1) is 25.7 Å². The van der Waals surface area contributed by atoms with Crippen LogP contribution in [0.25, 0.3) is 0 Å². The fraction of sp³-hybridized carbons (Fsp3) is 0.500. The van der Waals surface area contributed by atoms with Gasteiger partial charge in [-0.2, -0.15) is 0 Å². The molecule has 0 radical (unpaired) electrons. The van der Waals surface area contributed by atoms with Crippen molar-refractivity contribution < 1.29 is 24.2 Å². The molecule has 0 aromatic heterocycles. The normalized spacial score (nSPS) is 17.2. The molecule has 2 rings (SSSR count). The summed E-state index contributed by atoms with van der Waals surface area (Å²) in [6, 6.07) is 6.04. The van der Waals surface area contributed by atoms with Gasteiger partial charge >= 0.3 is 5.97 Å². The second kappa shape index (κ2) is 8.62. The highest BCUT2D eigenvalue weighted by molar-refractivity contribution is 5.98. The van der Waals surface area contributed by atoms with Crippen molar-refractivity contribution in [2.45, 2.75) is 26.3 Å². The van der Waals surface area contributed by atoms with E-state index in [0.717, 1.165) is 0 Å². The molecule has 136 valence electrons. The van der Waals surface area contributed by atoms with Gasteiger partial charge in [-0.25, -0.2) is 0 Å². The number of hydrogen-bond donors (Lipinski definition) is 1. The van der Waals surface area contributed by atoms with Crippen molar-refractivity contribution in [2.75, 3.05) is 32.8 Å². The molecule has 1 aliphatic rings. The van der Waals surface area contributed by atoms with Crippen LogP contribution in [0.2, 0.25) is 0 Å². The third-order valence-corrected chi connectivity index (χ3v) is 4.33. The number of hydrogen-bond acceptors (Lipinski definition) is 4. The van der Waals surface area contributed by atoms with Crippen LogP contribution in [0.15, 0.2) is 24.3 Å². The van der Waals surface area contributed by atoms with Crippen molar-refractivity contribution in [3.63, 3.8) is 0 Å². The largest absolute Gasteiger partial charge is 0.481 e. The smallest absolute Gasteiger partial charge is 0.305 e. The Morgan fingerprint density at radius 3 is 2.32 bits per heavy atom. The van der Waals surface area contributed by atoms with Gasteiger partial charge in [-0.05, 0) is 38.1 Å². The van der Waals surface area contributed by atoms with E-state index in [4.69, 9.17) is 9.84 Å². The molecule has 2 amide bonds. The molecule has 1 aromatic rings. The zero-order chi connectivity index (χ0) is 18.4. The maximum Gasteiger partial charge on any atom is 0.305 e. The summed E-state index contributed by atoms with van der Waals surface area (Å²) in [5.41, 5.74) is 0.970.